The molecule has 0 aliphatic rings. The van der Waals surface area contributed by atoms with Gasteiger partial charge in [-0.3, -0.25) is 10.1 Å². The smallest absolute Gasteiger partial charge is 0.408 e. The average Bonchev–Trinajstić information content (AvgIpc) is 2.38. The van der Waals surface area contributed by atoms with Crippen molar-refractivity contribution in [3.8, 4) is 5.75 Å². The van der Waals surface area contributed by atoms with Crippen LogP contribution in [0.1, 0.15) is 26.3 Å². The molecule has 0 radical (unpaired) electrons. The Bertz CT molecular complexity index is 670. The topological polar surface area (TPSA) is 139 Å². The summed E-state index contributed by atoms with van der Waals surface area (Å²) in [5.74, 6) is -1.99. The molecule has 132 valence electrons. The average molecular weight is 452 g/mol. The van der Waals surface area contributed by atoms with E-state index in [2.05, 4.69) is 5.32 Å². The van der Waals surface area contributed by atoms with E-state index in [4.69, 9.17) is 4.74 Å². The summed E-state index contributed by atoms with van der Waals surface area (Å²) in [6, 6.07) is 1.16. The number of nitro groups is 1. The predicted molar refractivity (Wildman–Crippen MR) is 92.0 cm³/mol. The second kappa shape index (κ2) is 7.64. The molecule has 0 bridgehead atoms. The first-order valence-corrected chi connectivity index (χ1v) is 7.86. The van der Waals surface area contributed by atoms with Gasteiger partial charge in [-0.05, 0) is 49.4 Å². The number of nitrogens with zero attached hydrogens (tertiary/aromatic N) is 1. The first-order valence-electron chi connectivity index (χ1n) is 6.79. The van der Waals surface area contributed by atoms with E-state index in [1.165, 1.54) is 6.07 Å². The second-order valence-corrected chi connectivity index (χ2v) is 7.18. The minimum atomic E-state index is -1.41. The molecule has 9 nitrogen and oxygen atoms in total. The summed E-state index contributed by atoms with van der Waals surface area (Å²) >= 11 is 1.81. The highest BCUT2D eigenvalue weighted by atomic mass is 127. The number of hydrogen-bond acceptors (Lipinski definition) is 6. The number of aromatic hydroxyl groups is 1. The van der Waals surface area contributed by atoms with Gasteiger partial charge in [-0.25, -0.2) is 9.59 Å². The highest BCUT2D eigenvalue weighted by Crippen LogP contribution is 2.32. The minimum absolute atomic E-state index is 0.0389. The van der Waals surface area contributed by atoms with Crippen LogP contribution in [-0.4, -0.2) is 38.8 Å². The molecule has 1 unspecified atom stereocenters. The van der Waals surface area contributed by atoms with Gasteiger partial charge >= 0.3 is 17.7 Å². The van der Waals surface area contributed by atoms with Crippen molar-refractivity contribution in [1.82, 2.24) is 5.32 Å². The number of aliphatic carboxylic acids is 1. The minimum Gasteiger partial charge on any atom is -0.502 e. The number of alkyl carbamates (subject to hydrolysis) is 1. The number of nitro benzene ring substituents is 1. The summed E-state index contributed by atoms with van der Waals surface area (Å²) in [5, 5.41) is 32.3. The number of halogens is 1. The molecule has 10 heteroatoms. The quantitative estimate of drug-likeness (QED) is 0.354. The Morgan fingerprint density at radius 2 is 2.00 bits per heavy atom. The molecule has 0 spiro atoms. The van der Waals surface area contributed by atoms with Crippen LogP contribution < -0.4 is 5.32 Å². The van der Waals surface area contributed by atoms with Crippen LogP contribution in [-0.2, 0) is 16.0 Å². The fourth-order valence-electron chi connectivity index (χ4n) is 1.80. The number of benzene rings is 1. The van der Waals surface area contributed by atoms with Gasteiger partial charge in [-0.1, -0.05) is 0 Å². The van der Waals surface area contributed by atoms with E-state index in [0.29, 0.717) is 3.57 Å². The van der Waals surface area contributed by atoms with Gasteiger partial charge in [0.25, 0.3) is 0 Å². The van der Waals surface area contributed by atoms with Crippen molar-refractivity contribution in [3.05, 3.63) is 31.4 Å². The highest BCUT2D eigenvalue weighted by molar-refractivity contribution is 14.1. The third-order valence-corrected chi connectivity index (χ3v) is 3.37. The molecular weight excluding hydrogens is 435 g/mol. The number of carbonyl (C=O) groups excluding carboxylic acids is 1. The van der Waals surface area contributed by atoms with Gasteiger partial charge in [0.15, 0.2) is 5.75 Å². The fourth-order valence-corrected chi connectivity index (χ4v) is 2.48. The van der Waals surface area contributed by atoms with Crippen LogP contribution in [0.25, 0.3) is 0 Å². The maximum atomic E-state index is 11.7. The van der Waals surface area contributed by atoms with Gasteiger partial charge in [-0.15, -0.1) is 0 Å². The molecule has 0 aliphatic carbocycles. The van der Waals surface area contributed by atoms with Gasteiger partial charge in [-0.2, -0.15) is 0 Å². The molecule has 0 aliphatic heterocycles. The number of carboxylic acids is 1. The molecule has 0 saturated heterocycles. The first-order chi connectivity index (χ1) is 10.9. The number of nitrogens with one attached hydrogen (secondary N) is 1. The summed E-state index contributed by atoms with van der Waals surface area (Å²) in [7, 11) is 0. The van der Waals surface area contributed by atoms with Crippen molar-refractivity contribution in [3.63, 3.8) is 0 Å². The van der Waals surface area contributed by atoms with Crippen LogP contribution in [0, 0.1) is 13.7 Å². The molecule has 0 aromatic heterocycles. The predicted octanol–water partition coefficient (Wildman–Crippen LogP) is 2.43. The van der Waals surface area contributed by atoms with E-state index >= 15 is 0 Å². The summed E-state index contributed by atoms with van der Waals surface area (Å²) in [5.41, 5.74) is -1.30. The lowest BCUT2D eigenvalue weighted by Crippen LogP contribution is -2.44. The van der Waals surface area contributed by atoms with Gasteiger partial charge in [0.2, 0.25) is 0 Å². The zero-order chi connectivity index (χ0) is 18.7. The Kier molecular flexibility index (Phi) is 6.35. The number of phenolic OH excluding ortho intramolecular Hbond substituents is 1. The van der Waals surface area contributed by atoms with Crippen molar-refractivity contribution < 1.29 is 29.5 Å². The van der Waals surface area contributed by atoms with Gasteiger partial charge in [0.05, 0.1) is 4.92 Å². The van der Waals surface area contributed by atoms with E-state index in [1.807, 2.05) is 22.6 Å². The van der Waals surface area contributed by atoms with Crippen molar-refractivity contribution >= 4 is 40.3 Å². The molecule has 1 aromatic rings. The fraction of sp³-hybridized carbons (Fsp3) is 0.429. The summed E-state index contributed by atoms with van der Waals surface area (Å²) in [6.45, 7) is 4.87. The number of carboxylic acid groups (broad SMARTS) is 1. The second-order valence-electron chi connectivity index (χ2n) is 5.93. The number of phenols is 1. The van der Waals surface area contributed by atoms with Gasteiger partial charge < -0.3 is 20.3 Å². The standard InChI is InChI=1S/C14H17IN2O7/c1-14(2,3)24-13(21)16-9(12(19)20)5-7-4-8(15)6-10(11(7)18)17(22)23/h4,6,9,18H,5H2,1-3H3,(H,16,21)(H,19,20). The number of hydrogen-bond donors (Lipinski definition) is 3. The Morgan fingerprint density at radius 3 is 2.46 bits per heavy atom. The van der Waals surface area contributed by atoms with E-state index in [1.54, 1.807) is 20.8 Å². The maximum Gasteiger partial charge on any atom is 0.408 e. The van der Waals surface area contributed by atoms with E-state index in [-0.39, 0.29) is 12.0 Å². The molecule has 1 aromatic carbocycles. The Morgan fingerprint density at radius 1 is 1.42 bits per heavy atom. The zero-order valence-electron chi connectivity index (χ0n) is 13.2. The molecule has 0 heterocycles. The summed E-state index contributed by atoms with van der Waals surface area (Å²) in [6.07, 6.45) is -1.27. The Hall–Kier alpha value is -2.11. The van der Waals surface area contributed by atoms with Crippen LogP contribution in [0.2, 0.25) is 0 Å². The molecule has 3 N–H and O–H groups in total. The monoisotopic (exact) mass is 452 g/mol. The summed E-state index contributed by atoms with van der Waals surface area (Å²) < 4.78 is 5.44. The lowest BCUT2D eigenvalue weighted by Gasteiger charge is -2.22. The highest BCUT2D eigenvalue weighted by Gasteiger charge is 2.27. The molecule has 0 fully saturated rings. The van der Waals surface area contributed by atoms with Crippen LogP contribution in [0.15, 0.2) is 12.1 Å². The van der Waals surface area contributed by atoms with Crippen molar-refractivity contribution in [2.75, 3.05) is 0 Å². The normalized spacial score (nSPS) is 12.3. The van der Waals surface area contributed by atoms with Crippen LogP contribution in [0.4, 0.5) is 10.5 Å². The van der Waals surface area contributed by atoms with Crippen molar-refractivity contribution in [1.29, 1.82) is 0 Å². The van der Waals surface area contributed by atoms with E-state index in [0.717, 1.165) is 6.07 Å². The lowest BCUT2D eigenvalue weighted by atomic mass is 10.0. The largest absolute Gasteiger partial charge is 0.502 e. The van der Waals surface area contributed by atoms with Crippen LogP contribution in [0.5, 0.6) is 5.75 Å². The molecule has 1 rings (SSSR count). The number of carbonyl (C=O) groups is 2. The third-order valence-electron chi connectivity index (χ3n) is 2.74. The van der Waals surface area contributed by atoms with Gasteiger partial charge in [0, 0.05) is 21.6 Å². The van der Waals surface area contributed by atoms with Crippen molar-refractivity contribution in [2.24, 2.45) is 0 Å². The van der Waals surface area contributed by atoms with Crippen molar-refractivity contribution in [2.45, 2.75) is 38.8 Å². The molecule has 24 heavy (non-hydrogen) atoms. The maximum absolute atomic E-state index is 11.7. The SMILES string of the molecule is CC(C)(C)OC(=O)NC(Cc1cc(I)cc([N+](=O)[O-])c1O)C(=O)O. The number of ether oxygens (including phenoxy) is 1. The van der Waals surface area contributed by atoms with Crippen LogP contribution in [0.3, 0.4) is 0 Å². The number of rotatable bonds is 5. The number of amides is 1. The Labute approximate surface area is 151 Å². The molecule has 1 amide bonds. The van der Waals surface area contributed by atoms with E-state index in [9.17, 15) is 29.9 Å². The molecular formula is C14H17IN2O7. The zero-order valence-corrected chi connectivity index (χ0v) is 15.4. The lowest BCUT2D eigenvalue weighted by molar-refractivity contribution is -0.386. The van der Waals surface area contributed by atoms with E-state index < -0.39 is 40.1 Å². The van der Waals surface area contributed by atoms with Gasteiger partial charge in [0.1, 0.15) is 11.6 Å². The molecule has 0 saturated carbocycles. The third kappa shape index (κ3) is 5.83. The first kappa shape index (κ1) is 19.9. The molecule has 1 atom stereocenters. The summed E-state index contributed by atoms with van der Waals surface area (Å²) in [4.78, 5) is 33.2. The Balaban J connectivity index is 3.04. The van der Waals surface area contributed by atoms with Crippen LogP contribution >= 0.6 is 22.6 Å².